The molecule has 0 spiro atoms. The van der Waals surface area contributed by atoms with Crippen LogP contribution in [0.2, 0.25) is 0 Å². The minimum Gasteiger partial charge on any atom is -0.465 e. The third-order valence-electron chi connectivity index (χ3n) is 7.59. The van der Waals surface area contributed by atoms with Gasteiger partial charge in [0.05, 0.1) is 25.3 Å². The van der Waals surface area contributed by atoms with Crippen LogP contribution >= 0.6 is 0 Å². The van der Waals surface area contributed by atoms with E-state index in [9.17, 15) is 14.0 Å². The van der Waals surface area contributed by atoms with Gasteiger partial charge in [0, 0.05) is 12.0 Å². The third-order valence-corrected chi connectivity index (χ3v) is 7.59. The Morgan fingerprint density at radius 3 is 2.39 bits per heavy atom. The highest BCUT2D eigenvalue weighted by molar-refractivity contribution is 5.89. The van der Waals surface area contributed by atoms with Gasteiger partial charge >= 0.3 is 12.1 Å². The van der Waals surface area contributed by atoms with Crippen LogP contribution in [0, 0.1) is 11.2 Å². The van der Waals surface area contributed by atoms with E-state index >= 15 is 0 Å². The molecule has 0 aromatic heterocycles. The van der Waals surface area contributed by atoms with Crippen LogP contribution in [0.5, 0.6) is 0 Å². The number of hydrogen-bond donors (Lipinski definition) is 0. The van der Waals surface area contributed by atoms with Crippen molar-refractivity contribution in [3.63, 3.8) is 0 Å². The number of benzene rings is 2. The smallest absolute Gasteiger partial charge is 0.410 e. The van der Waals surface area contributed by atoms with Crippen molar-refractivity contribution >= 4 is 12.1 Å². The van der Waals surface area contributed by atoms with Gasteiger partial charge in [-0.15, -0.1) is 0 Å². The molecular weight excluding hydrogens is 423 g/mol. The Morgan fingerprint density at radius 1 is 1.03 bits per heavy atom. The van der Waals surface area contributed by atoms with E-state index in [2.05, 4.69) is 4.90 Å². The number of ether oxygens (including phenoxy) is 2. The molecular formula is C26H29FN2O4. The van der Waals surface area contributed by atoms with Crippen molar-refractivity contribution in [1.29, 1.82) is 0 Å². The molecule has 1 amide bonds. The number of carbonyl (C=O) groups is 2. The maximum absolute atomic E-state index is 13.6. The highest BCUT2D eigenvalue weighted by atomic mass is 19.1. The average molecular weight is 453 g/mol. The molecule has 2 aromatic carbocycles. The van der Waals surface area contributed by atoms with Crippen molar-refractivity contribution in [2.75, 3.05) is 39.9 Å². The Labute approximate surface area is 193 Å². The van der Waals surface area contributed by atoms with Gasteiger partial charge < -0.3 is 14.4 Å². The molecule has 7 heteroatoms. The molecule has 0 radical (unpaired) electrons. The normalized spacial score (nSPS) is 25.9. The highest BCUT2D eigenvalue weighted by Gasteiger charge is 2.41. The average Bonchev–Trinajstić information content (AvgIpc) is 2.87. The standard InChI is InChI=1S/C26H29FN2O4/c1-32-24(30)20-4-7-22-19(16-20)8-12-29(23(22)18-2-5-21(27)6-3-18)25(31)33-17-26-9-13-28(14-10-26)15-11-26/h2-7,16,23H,8-15,17H2,1H3. The summed E-state index contributed by atoms with van der Waals surface area (Å²) >= 11 is 0. The number of halogens is 1. The number of esters is 1. The first-order chi connectivity index (χ1) is 16.0. The molecule has 3 saturated heterocycles. The molecule has 0 saturated carbocycles. The van der Waals surface area contributed by atoms with Gasteiger partial charge in [0.1, 0.15) is 5.82 Å². The third kappa shape index (κ3) is 4.22. The Morgan fingerprint density at radius 2 is 1.73 bits per heavy atom. The number of rotatable bonds is 4. The van der Waals surface area contributed by atoms with Gasteiger partial charge in [0.15, 0.2) is 0 Å². The van der Waals surface area contributed by atoms with E-state index in [4.69, 9.17) is 9.47 Å². The fraction of sp³-hybridized carbons (Fsp3) is 0.462. The Kier molecular flexibility index (Phi) is 5.83. The predicted octanol–water partition coefficient (Wildman–Crippen LogP) is 4.18. The zero-order valence-electron chi connectivity index (χ0n) is 18.9. The van der Waals surface area contributed by atoms with Crippen molar-refractivity contribution in [2.24, 2.45) is 5.41 Å². The molecule has 33 heavy (non-hydrogen) atoms. The predicted molar refractivity (Wildman–Crippen MR) is 121 cm³/mol. The topological polar surface area (TPSA) is 59.1 Å². The lowest BCUT2D eigenvalue weighted by Crippen LogP contribution is -2.51. The van der Waals surface area contributed by atoms with E-state index in [1.54, 1.807) is 23.1 Å². The van der Waals surface area contributed by atoms with Crippen LogP contribution in [0.1, 0.15) is 52.4 Å². The van der Waals surface area contributed by atoms with Crippen LogP contribution in [0.3, 0.4) is 0 Å². The van der Waals surface area contributed by atoms with Crippen LogP contribution in [-0.2, 0) is 15.9 Å². The quantitative estimate of drug-likeness (QED) is 0.652. The summed E-state index contributed by atoms with van der Waals surface area (Å²) in [4.78, 5) is 29.6. The van der Waals surface area contributed by atoms with Crippen LogP contribution in [0.4, 0.5) is 9.18 Å². The van der Waals surface area contributed by atoms with Gasteiger partial charge in [-0.3, -0.25) is 4.90 Å². The number of amides is 1. The summed E-state index contributed by atoms with van der Waals surface area (Å²) < 4.78 is 24.4. The lowest BCUT2D eigenvalue weighted by molar-refractivity contribution is -0.0300. The summed E-state index contributed by atoms with van der Waals surface area (Å²) in [7, 11) is 1.36. The Balaban J connectivity index is 1.41. The number of methoxy groups -OCH3 is 1. The minimum atomic E-state index is -0.403. The summed E-state index contributed by atoms with van der Waals surface area (Å²) in [6, 6.07) is 11.2. The molecule has 1 atom stereocenters. The first-order valence-corrected chi connectivity index (χ1v) is 11.6. The van der Waals surface area contributed by atoms with Crippen LogP contribution < -0.4 is 0 Å². The van der Waals surface area contributed by atoms with Crippen molar-refractivity contribution in [2.45, 2.75) is 31.7 Å². The highest BCUT2D eigenvalue weighted by Crippen LogP contribution is 2.41. The summed E-state index contributed by atoms with van der Waals surface area (Å²) in [6.07, 6.45) is 3.48. The molecule has 174 valence electrons. The summed E-state index contributed by atoms with van der Waals surface area (Å²) in [5, 5.41) is 0. The van der Waals surface area contributed by atoms with Gasteiger partial charge in [-0.1, -0.05) is 18.2 Å². The molecule has 6 rings (SSSR count). The fourth-order valence-electron chi connectivity index (χ4n) is 5.48. The number of carbonyl (C=O) groups excluding carboxylic acids is 2. The van der Waals surface area contributed by atoms with E-state index in [1.165, 1.54) is 19.2 Å². The van der Waals surface area contributed by atoms with Gasteiger partial charge in [-0.25, -0.2) is 14.0 Å². The van der Waals surface area contributed by atoms with E-state index in [0.717, 1.165) is 55.6 Å². The van der Waals surface area contributed by atoms with E-state index in [1.807, 2.05) is 12.1 Å². The SMILES string of the molecule is COC(=O)c1ccc2c(c1)CCN(C(=O)OCC13CCN(CC1)CC3)C2c1ccc(F)cc1. The van der Waals surface area contributed by atoms with Crippen molar-refractivity contribution in [3.05, 3.63) is 70.5 Å². The van der Waals surface area contributed by atoms with E-state index in [0.29, 0.717) is 25.1 Å². The molecule has 6 nitrogen and oxygen atoms in total. The molecule has 1 unspecified atom stereocenters. The van der Waals surface area contributed by atoms with Crippen molar-refractivity contribution in [1.82, 2.24) is 9.80 Å². The second-order valence-corrected chi connectivity index (χ2v) is 9.45. The zero-order valence-corrected chi connectivity index (χ0v) is 18.9. The van der Waals surface area contributed by atoms with Gasteiger partial charge in [-0.2, -0.15) is 0 Å². The minimum absolute atomic E-state index is 0.0961. The molecule has 0 aliphatic carbocycles. The first-order valence-electron chi connectivity index (χ1n) is 11.6. The second-order valence-electron chi connectivity index (χ2n) is 9.45. The van der Waals surface area contributed by atoms with Gasteiger partial charge in [0.25, 0.3) is 0 Å². The molecule has 2 aromatic rings. The second kappa shape index (κ2) is 8.78. The zero-order chi connectivity index (χ0) is 23.0. The molecule has 3 fully saturated rings. The molecule has 0 N–H and O–H groups in total. The van der Waals surface area contributed by atoms with E-state index in [-0.39, 0.29) is 17.3 Å². The maximum atomic E-state index is 13.6. The van der Waals surface area contributed by atoms with Crippen molar-refractivity contribution < 1.29 is 23.5 Å². The summed E-state index contributed by atoms with van der Waals surface area (Å²) in [6.45, 7) is 4.14. The van der Waals surface area contributed by atoms with E-state index < -0.39 is 12.0 Å². The Bertz CT molecular complexity index is 1030. The molecule has 4 aliphatic heterocycles. The number of nitrogens with zero attached hydrogens (tertiary/aromatic N) is 2. The lowest BCUT2D eigenvalue weighted by atomic mass is 9.73. The molecule has 4 aliphatic rings. The van der Waals surface area contributed by atoms with Gasteiger partial charge in [0.2, 0.25) is 0 Å². The van der Waals surface area contributed by atoms with Crippen LogP contribution in [0.25, 0.3) is 0 Å². The molecule has 2 bridgehead atoms. The number of piperidine rings is 3. The fourth-order valence-corrected chi connectivity index (χ4v) is 5.48. The summed E-state index contributed by atoms with van der Waals surface area (Å²) in [5.41, 5.74) is 3.28. The van der Waals surface area contributed by atoms with Crippen LogP contribution in [-0.4, -0.2) is 61.8 Å². The maximum Gasteiger partial charge on any atom is 0.410 e. The summed E-state index contributed by atoms with van der Waals surface area (Å²) in [5.74, 6) is -0.719. The lowest BCUT2D eigenvalue weighted by Gasteiger charge is -2.48. The van der Waals surface area contributed by atoms with Gasteiger partial charge in [-0.05, 0) is 86.3 Å². The number of hydrogen-bond acceptors (Lipinski definition) is 5. The molecule has 4 heterocycles. The van der Waals surface area contributed by atoms with Crippen molar-refractivity contribution in [3.8, 4) is 0 Å². The van der Waals surface area contributed by atoms with Crippen LogP contribution in [0.15, 0.2) is 42.5 Å². The number of fused-ring (bicyclic) bond motifs is 4. The first kappa shape index (κ1) is 21.9. The Hall–Kier alpha value is -2.93. The largest absolute Gasteiger partial charge is 0.465 e. The monoisotopic (exact) mass is 452 g/mol.